The van der Waals surface area contributed by atoms with Crippen LogP contribution in [0.4, 0.5) is 0 Å². The number of methoxy groups -OCH3 is 1. The number of carbonyl (C=O) groups is 1. The fourth-order valence-corrected chi connectivity index (χ4v) is 2.61. The Morgan fingerprint density at radius 2 is 1.95 bits per heavy atom. The lowest BCUT2D eigenvalue weighted by Crippen LogP contribution is -2.53. The molecule has 1 fully saturated rings. The average Bonchev–Trinajstić information content (AvgIpc) is 2.53. The summed E-state index contributed by atoms with van der Waals surface area (Å²) < 4.78 is 5.49. The van der Waals surface area contributed by atoms with Gasteiger partial charge in [0.25, 0.3) is 5.91 Å². The Hall–Kier alpha value is -1.14. The van der Waals surface area contributed by atoms with E-state index in [-0.39, 0.29) is 18.3 Å². The van der Waals surface area contributed by atoms with Crippen LogP contribution < -0.4 is 10.6 Å². The van der Waals surface area contributed by atoms with Gasteiger partial charge in [-0.3, -0.25) is 4.79 Å². The standard InChI is InChI=1S/C16H24N2O3.ClH/c1-12(19)14-5-3-13(4-6-14)11-18-15(20)16(21-2)7-9-17-10-8-16;/h3-6,12,17,19H,7-11H2,1-2H3,(H,18,20);1H. The second-order valence-electron chi connectivity index (χ2n) is 5.55. The molecule has 1 aliphatic heterocycles. The molecule has 0 saturated carbocycles. The van der Waals surface area contributed by atoms with Gasteiger partial charge in [-0.2, -0.15) is 0 Å². The van der Waals surface area contributed by atoms with E-state index in [0.717, 1.165) is 24.2 Å². The maximum atomic E-state index is 12.4. The Labute approximate surface area is 137 Å². The zero-order chi connectivity index (χ0) is 15.3. The summed E-state index contributed by atoms with van der Waals surface area (Å²) in [4.78, 5) is 12.4. The van der Waals surface area contributed by atoms with E-state index in [9.17, 15) is 9.90 Å². The summed E-state index contributed by atoms with van der Waals surface area (Å²) >= 11 is 0. The first kappa shape index (κ1) is 18.9. The highest BCUT2D eigenvalue weighted by Crippen LogP contribution is 2.22. The van der Waals surface area contributed by atoms with Gasteiger partial charge >= 0.3 is 0 Å². The van der Waals surface area contributed by atoms with Gasteiger partial charge < -0.3 is 20.5 Å². The molecule has 1 aromatic carbocycles. The van der Waals surface area contributed by atoms with Crippen molar-refractivity contribution in [2.24, 2.45) is 0 Å². The smallest absolute Gasteiger partial charge is 0.252 e. The largest absolute Gasteiger partial charge is 0.389 e. The van der Waals surface area contributed by atoms with E-state index < -0.39 is 11.7 Å². The maximum Gasteiger partial charge on any atom is 0.252 e. The van der Waals surface area contributed by atoms with E-state index >= 15 is 0 Å². The third-order valence-corrected chi connectivity index (χ3v) is 4.13. The second kappa shape index (κ2) is 8.48. The molecule has 0 aliphatic carbocycles. The summed E-state index contributed by atoms with van der Waals surface area (Å²) in [5.41, 5.74) is 1.18. The van der Waals surface area contributed by atoms with Gasteiger partial charge in [0.15, 0.2) is 0 Å². The number of benzene rings is 1. The van der Waals surface area contributed by atoms with E-state index in [2.05, 4.69) is 10.6 Å². The van der Waals surface area contributed by atoms with E-state index in [1.54, 1.807) is 14.0 Å². The fourth-order valence-electron chi connectivity index (χ4n) is 2.61. The fraction of sp³-hybridized carbons (Fsp3) is 0.562. The summed E-state index contributed by atoms with van der Waals surface area (Å²) in [5, 5.41) is 15.7. The number of aliphatic hydroxyl groups excluding tert-OH is 1. The summed E-state index contributed by atoms with van der Waals surface area (Å²) in [6, 6.07) is 7.60. The highest BCUT2D eigenvalue weighted by molar-refractivity contribution is 5.85. The first-order chi connectivity index (χ1) is 10.1. The van der Waals surface area contributed by atoms with Crippen molar-refractivity contribution in [2.75, 3.05) is 20.2 Å². The minimum Gasteiger partial charge on any atom is -0.389 e. The van der Waals surface area contributed by atoms with Gasteiger partial charge in [-0.05, 0) is 44.0 Å². The minimum atomic E-state index is -0.704. The monoisotopic (exact) mass is 328 g/mol. The van der Waals surface area contributed by atoms with Crippen LogP contribution in [0, 0.1) is 0 Å². The third-order valence-electron chi connectivity index (χ3n) is 4.13. The highest BCUT2D eigenvalue weighted by atomic mass is 35.5. The van der Waals surface area contributed by atoms with Gasteiger partial charge in [-0.25, -0.2) is 0 Å². The van der Waals surface area contributed by atoms with Crippen molar-refractivity contribution in [1.82, 2.24) is 10.6 Å². The van der Waals surface area contributed by atoms with Crippen LogP contribution in [0.3, 0.4) is 0 Å². The minimum absolute atomic E-state index is 0. The van der Waals surface area contributed by atoms with Crippen LogP contribution in [-0.4, -0.2) is 36.8 Å². The third kappa shape index (κ3) is 4.43. The van der Waals surface area contributed by atoms with E-state index in [1.807, 2.05) is 24.3 Å². The molecule has 1 amide bonds. The molecule has 1 atom stereocenters. The van der Waals surface area contributed by atoms with Crippen LogP contribution in [-0.2, 0) is 16.1 Å². The molecule has 0 bridgehead atoms. The first-order valence-corrected chi connectivity index (χ1v) is 7.38. The van der Waals surface area contributed by atoms with E-state index in [0.29, 0.717) is 19.4 Å². The zero-order valence-electron chi connectivity index (χ0n) is 13.1. The molecule has 1 unspecified atom stereocenters. The molecule has 1 aliphatic rings. The lowest BCUT2D eigenvalue weighted by atomic mass is 9.91. The zero-order valence-corrected chi connectivity index (χ0v) is 13.9. The van der Waals surface area contributed by atoms with Crippen molar-refractivity contribution in [1.29, 1.82) is 0 Å². The van der Waals surface area contributed by atoms with Gasteiger partial charge in [0.1, 0.15) is 5.60 Å². The number of halogens is 1. The van der Waals surface area contributed by atoms with Crippen LogP contribution >= 0.6 is 12.4 Å². The molecule has 5 nitrogen and oxygen atoms in total. The average molecular weight is 329 g/mol. The number of piperidine rings is 1. The summed E-state index contributed by atoms with van der Waals surface area (Å²) in [5.74, 6) is -0.0499. The Kier molecular flexibility index (Phi) is 7.29. The number of rotatable bonds is 5. The molecular weight excluding hydrogens is 304 g/mol. The number of carbonyl (C=O) groups excluding carboxylic acids is 1. The number of aliphatic hydroxyl groups is 1. The molecule has 0 spiro atoms. The quantitative estimate of drug-likeness (QED) is 0.767. The lowest BCUT2D eigenvalue weighted by Gasteiger charge is -2.34. The highest BCUT2D eigenvalue weighted by Gasteiger charge is 2.39. The van der Waals surface area contributed by atoms with E-state index in [1.165, 1.54) is 0 Å². The van der Waals surface area contributed by atoms with E-state index in [4.69, 9.17) is 4.74 Å². The van der Waals surface area contributed by atoms with Crippen LogP contribution in [0.5, 0.6) is 0 Å². The normalized spacial score (nSPS) is 18.1. The molecular formula is C16H25ClN2O3. The van der Waals surface area contributed by atoms with Crippen molar-refractivity contribution in [3.8, 4) is 0 Å². The van der Waals surface area contributed by atoms with Crippen molar-refractivity contribution in [2.45, 2.75) is 38.0 Å². The number of hydrogen-bond acceptors (Lipinski definition) is 4. The first-order valence-electron chi connectivity index (χ1n) is 7.38. The number of nitrogens with one attached hydrogen (secondary N) is 2. The van der Waals surface area contributed by atoms with Gasteiger partial charge in [0.05, 0.1) is 6.10 Å². The summed E-state index contributed by atoms with van der Waals surface area (Å²) in [6.07, 6.45) is 0.909. The number of ether oxygens (including phenoxy) is 1. The second-order valence-corrected chi connectivity index (χ2v) is 5.55. The molecule has 1 saturated heterocycles. The van der Waals surface area contributed by atoms with Crippen LogP contribution in [0.1, 0.15) is 37.0 Å². The Bertz CT molecular complexity index is 471. The topological polar surface area (TPSA) is 70.6 Å². The predicted octanol–water partition coefficient (Wildman–Crippen LogP) is 1.55. The predicted molar refractivity (Wildman–Crippen MR) is 88.0 cm³/mol. The molecule has 2 rings (SSSR count). The molecule has 0 radical (unpaired) electrons. The van der Waals surface area contributed by atoms with Crippen molar-refractivity contribution in [3.63, 3.8) is 0 Å². The van der Waals surface area contributed by atoms with Crippen LogP contribution in [0.2, 0.25) is 0 Å². The van der Waals surface area contributed by atoms with Gasteiger partial charge in [0.2, 0.25) is 0 Å². The Balaban J connectivity index is 0.00000242. The van der Waals surface area contributed by atoms with Crippen molar-refractivity contribution < 1.29 is 14.6 Å². The molecule has 0 aromatic heterocycles. The molecule has 1 aromatic rings. The number of hydrogen-bond donors (Lipinski definition) is 3. The molecule has 22 heavy (non-hydrogen) atoms. The van der Waals surface area contributed by atoms with Gasteiger partial charge in [0, 0.05) is 13.7 Å². The van der Waals surface area contributed by atoms with Crippen LogP contribution in [0.15, 0.2) is 24.3 Å². The van der Waals surface area contributed by atoms with Gasteiger partial charge in [-0.15, -0.1) is 12.4 Å². The molecule has 1 heterocycles. The molecule has 124 valence electrons. The maximum absolute atomic E-state index is 12.4. The number of amides is 1. The van der Waals surface area contributed by atoms with Gasteiger partial charge in [-0.1, -0.05) is 24.3 Å². The lowest BCUT2D eigenvalue weighted by molar-refractivity contribution is -0.146. The van der Waals surface area contributed by atoms with Crippen molar-refractivity contribution in [3.05, 3.63) is 35.4 Å². The van der Waals surface area contributed by atoms with Crippen LogP contribution in [0.25, 0.3) is 0 Å². The van der Waals surface area contributed by atoms with Crippen molar-refractivity contribution >= 4 is 18.3 Å². The summed E-state index contributed by atoms with van der Waals surface area (Å²) in [6.45, 7) is 3.79. The Morgan fingerprint density at radius 1 is 1.36 bits per heavy atom. The summed E-state index contributed by atoms with van der Waals surface area (Å²) in [7, 11) is 1.60. The SMILES string of the molecule is COC1(C(=O)NCc2ccc(C(C)O)cc2)CCNCC1.Cl. The Morgan fingerprint density at radius 3 is 2.45 bits per heavy atom. The molecule has 3 N–H and O–H groups in total. The molecule has 6 heteroatoms.